The Labute approximate surface area is 108 Å². The van der Waals surface area contributed by atoms with Crippen molar-refractivity contribution < 1.29 is 9.53 Å². The Balaban J connectivity index is 2.30. The largest absolute Gasteiger partial charge is 0.459 e. The Hall–Kier alpha value is -1.34. The normalized spacial score (nSPS) is 18.5. The van der Waals surface area contributed by atoms with E-state index in [1.54, 1.807) is 0 Å². The van der Waals surface area contributed by atoms with Crippen molar-refractivity contribution in [1.29, 1.82) is 0 Å². The number of nitrogens with one attached hydrogen (secondary N) is 2. The first-order valence-electron chi connectivity index (χ1n) is 6.11. The van der Waals surface area contributed by atoms with Crippen LogP contribution < -0.4 is 16.5 Å². The fraction of sp³-hybridized carbons (Fsp3) is 0.818. The van der Waals surface area contributed by atoms with Gasteiger partial charge < -0.3 is 15.8 Å². The van der Waals surface area contributed by atoms with Crippen LogP contribution in [0.5, 0.6) is 0 Å². The van der Waals surface area contributed by atoms with Crippen LogP contribution in [0.25, 0.3) is 0 Å². The van der Waals surface area contributed by atoms with E-state index in [1.807, 2.05) is 25.8 Å². The minimum absolute atomic E-state index is 0.0673. The van der Waals surface area contributed by atoms with Crippen LogP contribution in [-0.4, -0.2) is 55.3 Å². The van der Waals surface area contributed by atoms with Gasteiger partial charge in [-0.1, -0.05) is 0 Å². The van der Waals surface area contributed by atoms with E-state index in [4.69, 9.17) is 10.5 Å². The lowest BCUT2D eigenvalue weighted by Crippen LogP contribution is -2.54. The van der Waals surface area contributed by atoms with E-state index in [1.165, 1.54) is 0 Å². The van der Waals surface area contributed by atoms with Gasteiger partial charge in [0, 0.05) is 26.2 Å². The number of piperazine rings is 1. The van der Waals surface area contributed by atoms with Crippen LogP contribution >= 0.6 is 0 Å². The van der Waals surface area contributed by atoms with Crippen LogP contribution in [0.15, 0.2) is 4.99 Å². The van der Waals surface area contributed by atoms with Crippen LogP contribution in [0, 0.1) is 0 Å². The first-order chi connectivity index (χ1) is 8.37. The van der Waals surface area contributed by atoms with Gasteiger partial charge in [0.05, 0.1) is 0 Å². The number of ether oxygens (including phenoxy) is 1. The van der Waals surface area contributed by atoms with Gasteiger partial charge in [-0.3, -0.25) is 10.2 Å². The van der Waals surface area contributed by atoms with Crippen molar-refractivity contribution in [2.24, 2.45) is 10.7 Å². The zero-order chi connectivity index (χ0) is 13.6. The monoisotopic (exact) mass is 257 g/mol. The van der Waals surface area contributed by atoms with E-state index >= 15 is 0 Å². The van der Waals surface area contributed by atoms with E-state index in [9.17, 15) is 4.79 Å². The second-order valence-electron chi connectivity index (χ2n) is 5.14. The van der Waals surface area contributed by atoms with Crippen molar-refractivity contribution in [3.63, 3.8) is 0 Å². The second-order valence-corrected chi connectivity index (χ2v) is 5.14. The summed E-state index contributed by atoms with van der Waals surface area (Å²) in [4.78, 5) is 15.4. The van der Waals surface area contributed by atoms with Gasteiger partial charge in [-0.15, -0.1) is 0 Å². The second kappa shape index (κ2) is 6.55. The van der Waals surface area contributed by atoms with Gasteiger partial charge in [0.25, 0.3) is 0 Å². The number of carbonyl (C=O) groups is 1. The van der Waals surface area contributed by atoms with Gasteiger partial charge in [0.1, 0.15) is 12.1 Å². The highest BCUT2D eigenvalue weighted by Gasteiger charge is 2.16. The molecule has 4 N–H and O–H groups in total. The summed E-state index contributed by atoms with van der Waals surface area (Å²) in [6.07, 6.45) is 0. The number of guanidine groups is 1. The molecule has 0 saturated carbocycles. The molecular weight excluding hydrogens is 234 g/mol. The Morgan fingerprint density at radius 2 is 2.06 bits per heavy atom. The number of aliphatic imine (C=N–C) groups is 1. The molecule has 1 aliphatic rings. The molecule has 18 heavy (non-hydrogen) atoms. The number of nitrogens with zero attached hydrogens (tertiary/aromatic N) is 2. The number of hydrogen-bond donors (Lipinski definition) is 3. The molecule has 0 aromatic heterocycles. The van der Waals surface area contributed by atoms with E-state index in [0.717, 1.165) is 26.2 Å². The Kier molecular flexibility index (Phi) is 5.36. The molecule has 0 amide bonds. The van der Waals surface area contributed by atoms with Crippen LogP contribution in [0.4, 0.5) is 0 Å². The number of carbonyl (C=O) groups excluding carboxylic acids is 1. The molecule has 0 radical (unpaired) electrons. The van der Waals surface area contributed by atoms with Gasteiger partial charge in [0.15, 0.2) is 0 Å². The van der Waals surface area contributed by atoms with Crippen molar-refractivity contribution in [3.05, 3.63) is 0 Å². The smallest absolute Gasteiger partial charge is 0.328 e. The molecule has 1 aliphatic heterocycles. The molecular formula is C11H23N5O2. The molecule has 7 heteroatoms. The molecule has 7 nitrogen and oxygen atoms in total. The van der Waals surface area contributed by atoms with Crippen LogP contribution in [0.3, 0.4) is 0 Å². The summed E-state index contributed by atoms with van der Waals surface area (Å²) in [5.41, 5.74) is 8.14. The molecule has 0 aromatic carbocycles. The first-order valence-corrected chi connectivity index (χ1v) is 6.11. The molecule has 0 unspecified atom stereocenters. The third-order valence-electron chi connectivity index (χ3n) is 2.19. The molecule has 0 aromatic rings. The number of rotatable bonds is 3. The molecule has 0 atom stereocenters. The fourth-order valence-corrected chi connectivity index (χ4v) is 1.50. The van der Waals surface area contributed by atoms with Gasteiger partial charge >= 0.3 is 5.97 Å². The summed E-state index contributed by atoms with van der Waals surface area (Å²) in [6, 6.07) is 0. The highest BCUT2D eigenvalue weighted by atomic mass is 16.6. The lowest BCUT2D eigenvalue weighted by atomic mass is 10.2. The Morgan fingerprint density at radius 1 is 1.44 bits per heavy atom. The molecule has 0 spiro atoms. The fourth-order valence-electron chi connectivity index (χ4n) is 1.50. The molecule has 1 heterocycles. The SMILES string of the molecule is CC(C)(C)OC(=O)CN=C(N)NN1CCNCC1. The van der Waals surface area contributed by atoms with E-state index in [-0.39, 0.29) is 18.5 Å². The lowest BCUT2D eigenvalue weighted by Gasteiger charge is -2.27. The highest BCUT2D eigenvalue weighted by Crippen LogP contribution is 2.06. The van der Waals surface area contributed by atoms with Crippen molar-refractivity contribution in [1.82, 2.24) is 15.8 Å². The number of hydrogen-bond acceptors (Lipinski definition) is 5. The topological polar surface area (TPSA) is 92.0 Å². The summed E-state index contributed by atoms with van der Waals surface area (Å²) >= 11 is 0. The summed E-state index contributed by atoms with van der Waals surface area (Å²) in [5.74, 6) is -0.143. The summed E-state index contributed by atoms with van der Waals surface area (Å²) in [6.45, 7) is 8.90. The summed E-state index contributed by atoms with van der Waals surface area (Å²) in [5, 5.41) is 5.19. The molecule has 1 rings (SSSR count). The van der Waals surface area contributed by atoms with Gasteiger partial charge in [-0.2, -0.15) is 0 Å². The third-order valence-corrected chi connectivity index (χ3v) is 2.19. The molecule has 104 valence electrons. The van der Waals surface area contributed by atoms with Crippen LogP contribution in [-0.2, 0) is 9.53 Å². The van der Waals surface area contributed by atoms with Gasteiger partial charge in [-0.05, 0) is 20.8 Å². The number of esters is 1. The minimum Gasteiger partial charge on any atom is -0.459 e. The maximum absolute atomic E-state index is 11.4. The maximum Gasteiger partial charge on any atom is 0.328 e. The zero-order valence-electron chi connectivity index (χ0n) is 11.3. The van der Waals surface area contributed by atoms with Crippen LogP contribution in [0.2, 0.25) is 0 Å². The van der Waals surface area contributed by atoms with Gasteiger partial charge in [0.2, 0.25) is 5.96 Å². The van der Waals surface area contributed by atoms with E-state index in [2.05, 4.69) is 15.7 Å². The first kappa shape index (κ1) is 14.7. The average Bonchev–Trinajstić information content (AvgIpc) is 2.25. The summed E-state index contributed by atoms with van der Waals surface area (Å²) < 4.78 is 5.13. The van der Waals surface area contributed by atoms with Crippen molar-refractivity contribution in [2.45, 2.75) is 26.4 Å². The van der Waals surface area contributed by atoms with E-state index < -0.39 is 5.60 Å². The summed E-state index contributed by atoms with van der Waals surface area (Å²) in [7, 11) is 0. The van der Waals surface area contributed by atoms with Crippen molar-refractivity contribution in [3.8, 4) is 0 Å². The minimum atomic E-state index is -0.493. The molecule has 1 fully saturated rings. The quantitative estimate of drug-likeness (QED) is 0.343. The van der Waals surface area contributed by atoms with Crippen LogP contribution in [0.1, 0.15) is 20.8 Å². The standard InChI is InChI=1S/C11H23N5O2/c1-11(2,3)18-9(17)8-14-10(12)15-16-6-4-13-5-7-16/h13H,4-8H2,1-3H3,(H3,12,14,15). The Morgan fingerprint density at radius 3 is 2.61 bits per heavy atom. The molecule has 0 aliphatic carbocycles. The van der Waals surface area contributed by atoms with Gasteiger partial charge in [-0.25, -0.2) is 10.0 Å². The number of hydrazine groups is 1. The lowest BCUT2D eigenvalue weighted by molar-refractivity contribution is -0.152. The average molecular weight is 257 g/mol. The van der Waals surface area contributed by atoms with E-state index in [0.29, 0.717) is 0 Å². The Bertz CT molecular complexity index is 305. The third kappa shape index (κ3) is 6.41. The predicted molar refractivity (Wildman–Crippen MR) is 69.9 cm³/mol. The van der Waals surface area contributed by atoms with Crippen molar-refractivity contribution in [2.75, 3.05) is 32.7 Å². The highest BCUT2D eigenvalue weighted by molar-refractivity contribution is 5.81. The zero-order valence-corrected chi connectivity index (χ0v) is 11.3. The molecule has 0 bridgehead atoms. The number of nitrogens with two attached hydrogens (primary N) is 1. The predicted octanol–water partition coefficient (Wildman–Crippen LogP) is -0.947. The molecule has 1 saturated heterocycles. The maximum atomic E-state index is 11.4. The van der Waals surface area contributed by atoms with Crippen molar-refractivity contribution >= 4 is 11.9 Å².